The van der Waals surface area contributed by atoms with Gasteiger partial charge in [0.15, 0.2) is 0 Å². The standard InChI is InChI=1S/C77H77N/c1-5-9-11-13-15-24-54-76(55-25-16-14-12-10-6-2)71-35-22-21-32-70(71)74-67(33-27-37-73(74)76)61-44-52-66(53-45-61)78(65-50-42-60(43-51-65)59-28-18-17-19-29-59)56-62-30-26-34-69-68-31-20-23-36-72(68)77(75(62)69,63-46-38-57(7-3)39-47-63)64-48-40-58(8-4)41-49-64/h7-8,17-23,26-53H,3-6,9-16,24-25,54-56H2,1-2H3. The van der Waals surface area contributed by atoms with E-state index in [-0.39, 0.29) is 5.41 Å². The molecule has 2 aliphatic carbocycles. The quantitative estimate of drug-likeness (QED) is 0.0545. The minimum atomic E-state index is -0.585. The first-order valence-electron chi connectivity index (χ1n) is 29.5. The molecule has 9 aromatic carbocycles. The third kappa shape index (κ3) is 9.94. The predicted octanol–water partition coefficient (Wildman–Crippen LogP) is 21.8. The van der Waals surface area contributed by atoms with E-state index in [1.807, 2.05) is 12.2 Å². The van der Waals surface area contributed by atoms with Gasteiger partial charge < -0.3 is 4.90 Å². The average Bonchev–Trinajstić information content (AvgIpc) is 4.19. The minimum absolute atomic E-state index is 0.0340. The second kappa shape index (κ2) is 23.9. The molecule has 78 heavy (non-hydrogen) atoms. The van der Waals surface area contributed by atoms with Crippen molar-refractivity contribution in [2.24, 2.45) is 0 Å². The summed E-state index contributed by atoms with van der Waals surface area (Å²) in [5.74, 6) is 0. The van der Waals surface area contributed by atoms with Gasteiger partial charge in [0, 0.05) is 23.3 Å². The van der Waals surface area contributed by atoms with Crippen LogP contribution in [0.15, 0.2) is 225 Å². The topological polar surface area (TPSA) is 3.24 Å². The largest absolute Gasteiger partial charge is 0.337 e. The first kappa shape index (κ1) is 52.3. The van der Waals surface area contributed by atoms with Crippen LogP contribution < -0.4 is 4.90 Å². The third-order valence-electron chi connectivity index (χ3n) is 17.6. The van der Waals surface area contributed by atoms with Crippen molar-refractivity contribution in [3.63, 3.8) is 0 Å². The van der Waals surface area contributed by atoms with Crippen LogP contribution in [0.5, 0.6) is 0 Å². The van der Waals surface area contributed by atoms with Crippen LogP contribution in [0.1, 0.15) is 154 Å². The SMILES string of the molecule is C=Cc1ccc(C2(c3ccc(C=C)cc3)c3ccccc3-c3cccc(CN(c4ccc(-c5ccccc5)cc4)c4ccc(-c5cccc6c5-c5ccccc5C6(CCCCCCCC)CCCCCCCC)cc4)c32)cc1. The third-order valence-corrected chi connectivity index (χ3v) is 17.6. The van der Waals surface area contributed by atoms with Gasteiger partial charge in [0.05, 0.1) is 5.41 Å². The van der Waals surface area contributed by atoms with Crippen molar-refractivity contribution in [1.82, 2.24) is 0 Å². The number of anilines is 2. The molecule has 0 spiro atoms. The van der Waals surface area contributed by atoms with Crippen molar-refractivity contribution in [2.45, 2.75) is 121 Å². The summed E-state index contributed by atoms with van der Waals surface area (Å²) in [5, 5.41) is 0. The van der Waals surface area contributed by atoms with Crippen molar-refractivity contribution >= 4 is 23.5 Å². The molecule has 0 N–H and O–H groups in total. The Hall–Kier alpha value is -7.74. The molecule has 9 aromatic rings. The van der Waals surface area contributed by atoms with Gasteiger partial charge in [-0.2, -0.15) is 0 Å². The van der Waals surface area contributed by atoms with Crippen molar-refractivity contribution in [2.75, 3.05) is 4.90 Å². The molecule has 390 valence electrons. The fourth-order valence-electron chi connectivity index (χ4n) is 13.7. The van der Waals surface area contributed by atoms with Gasteiger partial charge in [-0.25, -0.2) is 0 Å². The van der Waals surface area contributed by atoms with Crippen LogP contribution in [-0.2, 0) is 17.4 Å². The summed E-state index contributed by atoms with van der Waals surface area (Å²) in [6, 6.07) is 80.5. The van der Waals surface area contributed by atoms with Crippen molar-refractivity contribution in [3.05, 3.63) is 276 Å². The molecule has 0 bridgehead atoms. The number of hydrogen-bond acceptors (Lipinski definition) is 1. The van der Waals surface area contributed by atoms with Crippen molar-refractivity contribution in [3.8, 4) is 44.5 Å². The van der Waals surface area contributed by atoms with E-state index < -0.39 is 5.41 Å². The first-order chi connectivity index (χ1) is 38.5. The predicted molar refractivity (Wildman–Crippen MR) is 336 cm³/mol. The number of fused-ring (bicyclic) bond motifs is 6. The van der Waals surface area contributed by atoms with Crippen LogP contribution in [-0.4, -0.2) is 0 Å². The Morgan fingerprint density at radius 2 is 0.833 bits per heavy atom. The molecule has 0 radical (unpaired) electrons. The minimum Gasteiger partial charge on any atom is -0.337 e. The average molecular weight is 1020 g/mol. The Bertz CT molecular complexity index is 3400. The van der Waals surface area contributed by atoms with Crippen LogP contribution in [0, 0.1) is 0 Å². The fraction of sp³-hybridized carbons (Fsp3) is 0.247. The van der Waals surface area contributed by atoms with Gasteiger partial charge in [0.25, 0.3) is 0 Å². The molecule has 0 aliphatic heterocycles. The Morgan fingerprint density at radius 1 is 0.372 bits per heavy atom. The molecule has 0 aromatic heterocycles. The summed E-state index contributed by atoms with van der Waals surface area (Å²) in [5.41, 5.74) is 23.9. The smallest absolute Gasteiger partial charge is 0.0716 e. The Labute approximate surface area is 467 Å². The highest BCUT2D eigenvalue weighted by molar-refractivity contribution is 5.93. The maximum atomic E-state index is 4.13. The molecule has 1 heteroatoms. The van der Waals surface area contributed by atoms with Crippen LogP contribution >= 0.6 is 0 Å². The molecule has 0 atom stereocenters. The lowest BCUT2D eigenvalue weighted by molar-refractivity contribution is 0.398. The summed E-state index contributed by atoms with van der Waals surface area (Å²) < 4.78 is 0. The van der Waals surface area contributed by atoms with E-state index in [0.717, 1.165) is 22.5 Å². The molecular formula is C77H77N. The second-order valence-electron chi connectivity index (χ2n) is 22.2. The van der Waals surface area contributed by atoms with Crippen LogP contribution in [0.2, 0.25) is 0 Å². The molecule has 0 amide bonds. The molecule has 0 heterocycles. The Balaban J connectivity index is 1.02. The lowest BCUT2D eigenvalue weighted by Crippen LogP contribution is -2.31. The molecular weight excluding hydrogens is 939 g/mol. The van der Waals surface area contributed by atoms with Gasteiger partial charge in [0.1, 0.15) is 0 Å². The molecule has 0 unspecified atom stereocenters. The summed E-state index contributed by atoms with van der Waals surface area (Å²) in [4.78, 5) is 2.54. The monoisotopic (exact) mass is 1020 g/mol. The van der Waals surface area contributed by atoms with E-state index >= 15 is 0 Å². The van der Waals surface area contributed by atoms with Gasteiger partial charge >= 0.3 is 0 Å². The first-order valence-corrected chi connectivity index (χ1v) is 29.5. The van der Waals surface area contributed by atoms with E-state index in [4.69, 9.17) is 0 Å². The van der Waals surface area contributed by atoms with E-state index in [1.54, 1.807) is 11.1 Å². The van der Waals surface area contributed by atoms with E-state index in [2.05, 4.69) is 244 Å². The molecule has 2 aliphatic rings. The number of hydrogen-bond donors (Lipinski definition) is 0. The zero-order chi connectivity index (χ0) is 53.3. The second-order valence-corrected chi connectivity index (χ2v) is 22.2. The fourth-order valence-corrected chi connectivity index (χ4v) is 13.7. The summed E-state index contributed by atoms with van der Waals surface area (Å²) in [6.45, 7) is 13.6. The van der Waals surface area contributed by atoms with E-state index in [1.165, 1.54) is 162 Å². The van der Waals surface area contributed by atoms with Crippen molar-refractivity contribution in [1.29, 1.82) is 0 Å². The molecule has 11 rings (SSSR count). The van der Waals surface area contributed by atoms with E-state index in [0.29, 0.717) is 6.54 Å². The summed E-state index contributed by atoms with van der Waals surface area (Å²) in [7, 11) is 0. The molecule has 0 fully saturated rings. The van der Waals surface area contributed by atoms with Crippen LogP contribution in [0.4, 0.5) is 11.4 Å². The zero-order valence-electron chi connectivity index (χ0n) is 46.3. The van der Waals surface area contributed by atoms with Gasteiger partial charge in [-0.15, -0.1) is 0 Å². The van der Waals surface area contributed by atoms with Gasteiger partial charge in [-0.1, -0.05) is 304 Å². The normalized spacial score (nSPS) is 13.3. The number of benzene rings is 9. The number of rotatable bonds is 24. The van der Waals surface area contributed by atoms with Crippen molar-refractivity contribution < 1.29 is 0 Å². The summed E-state index contributed by atoms with van der Waals surface area (Å²) >= 11 is 0. The van der Waals surface area contributed by atoms with Gasteiger partial charge in [0.2, 0.25) is 0 Å². The summed E-state index contributed by atoms with van der Waals surface area (Å²) in [6.07, 6.45) is 22.1. The lowest BCUT2D eigenvalue weighted by Gasteiger charge is -2.36. The van der Waals surface area contributed by atoms with E-state index in [9.17, 15) is 0 Å². The maximum absolute atomic E-state index is 4.13. The molecule has 0 saturated heterocycles. The highest BCUT2D eigenvalue weighted by Crippen LogP contribution is 2.59. The molecule has 0 saturated carbocycles. The number of unbranched alkanes of at least 4 members (excludes halogenated alkanes) is 10. The highest BCUT2D eigenvalue weighted by Gasteiger charge is 2.48. The Morgan fingerprint density at radius 3 is 1.42 bits per heavy atom. The number of nitrogens with zero attached hydrogens (tertiary/aromatic N) is 1. The lowest BCUT2D eigenvalue weighted by atomic mass is 9.66. The van der Waals surface area contributed by atoms with Gasteiger partial charge in [-0.05, 0) is 132 Å². The zero-order valence-corrected chi connectivity index (χ0v) is 46.3. The van der Waals surface area contributed by atoms with Gasteiger partial charge in [-0.3, -0.25) is 0 Å². The van der Waals surface area contributed by atoms with Crippen LogP contribution in [0.3, 0.4) is 0 Å². The maximum Gasteiger partial charge on any atom is 0.0716 e. The molecule has 1 nitrogen and oxygen atoms in total. The van der Waals surface area contributed by atoms with Crippen LogP contribution in [0.25, 0.3) is 56.7 Å². The Kier molecular flexibility index (Phi) is 16.0. The highest BCUT2D eigenvalue weighted by atomic mass is 15.1.